The van der Waals surface area contributed by atoms with Crippen LogP contribution in [0.4, 0.5) is 0 Å². The van der Waals surface area contributed by atoms with Crippen LogP contribution in [0.5, 0.6) is 5.75 Å². The lowest BCUT2D eigenvalue weighted by Gasteiger charge is -2.13. The first-order valence-electron chi connectivity index (χ1n) is 6.38. The smallest absolute Gasteiger partial charge is 0.336 e. The van der Waals surface area contributed by atoms with Crippen molar-refractivity contribution in [2.24, 2.45) is 0 Å². The van der Waals surface area contributed by atoms with E-state index in [0.717, 1.165) is 12.0 Å². The van der Waals surface area contributed by atoms with Crippen molar-refractivity contribution in [1.29, 1.82) is 0 Å². The molecule has 0 aliphatic heterocycles. The maximum absolute atomic E-state index is 11.3. The molecule has 0 amide bonds. The lowest BCUT2D eigenvalue weighted by atomic mass is 9.99. The predicted octanol–water partition coefficient (Wildman–Crippen LogP) is 4.49. The largest absolute Gasteiger partial charge is 0.493 e. The van der Waals surface area contributed by atoms with Crippen LogP contribution in [0.25, 0.3) is 11.1 Å². The van der Waals surface area contributed by atoms with Crippen LogP contribution in [0.3, 0.4) is 0 Å². The molecule has 0 unspecified atom stereocenters. The third-order valence-electron chi connectivity index (χ3n) is 2.85. The molecule has 0 fully saturated rings. The maximum Gasteiger partial charge on any atom is 0.336 e. The number of carboxylic acids is 1. The van der Waals surface area contributed by atoms with E-state index in [2.05, 4.69) is 0 Å². The zero-order chi connectivity index (χ0) is 14.5. The zero-order valence-corrected chi connectivity index (χ0v) is 11.9. The number of carboxylic acid groups (broad SMARTS) is 1. The van der Waals surface area contributed by atoms with Crippen LogP contribution in [-0.4, -0.2) is 17.7 Å². The van der Waals surface area contributed by atoms with Gasteiger partial charge in [-0.15, -0.1) is 0 Å². The van der Waals surface area contributed by atoms with Crippen LogP contribution >= 0.6 is 11.6 Å². The van der Waals surface area contributed by atoms with Gasteiger partial charge < -0.3 is 9.84 Å². The fourth-order valence-corrected chi connectivity index (χ4v) is 2.12. The number of hydrogen-bond donors (Lipinski definition) is 1. The van der Waals surface area contributed by atoms with Crippen molar-refractivity contribution in [3.8, 4) is 16.9 Å². The van der Waals surface area contributed by atoms with E-state index >= 15 is 0 Å². The fraction of sp³-hybridized carbons (Fsp3) is 0.188. The highest BCUT2D eigenvalue weighted by Gasteiger charge is 2.15. The Morgan fingerprint density at radius 2 is 1.95 bits per heavy atom. The number of hydrogen-bond acceptors (Lipinski definition) is 2. The van der Waals surface area contributed by atoms with Crippen LogP contribution in [0, 0.1) is 0 Å². The monoisotopic (exact) mass is 290 g/mol. The molecule has 2 aromatic rings. The van der Waals surface area contributed by atoms with Crippen LogP contribution in [0.2, 0.25) is 5.02 Å². The minimum atomic E-state index is -0.984. The molecule has 4 heteroatoms. The molecule has 0 aliphatic carbocycles. The van der Waals surface area contributed by atoms with E-state index in [4.69, 9.17) is 16.3 Å². The van der Waals surface area contributed by atoms with Crippen LogP contribution in [-0.2, 0) is 0 Å². The van der Waals surface area contributed by atoms with Gasteiger partial charge in [0.2, 0.25) is 0 Å². The van der Waals surface area contributed by atoms with E-state index in [1.165, 1.54) is 6.07 Å². The molecule has 20 heavy (non-hydrogen) atoms. The molecule has 0 aromatic heterocycles. The summed E-state index contributed by atoms with van der Waals surface area (Å²) in [5.74, 6) is -0.318. The van der Waals surface area contributed by atoms with E-state index in [9.17, 15) is 9.90 Å². The van der Waals surface area contributed by atoms with Gasteiger partial charge >= 0.3 is 5.97 Å². The van der Waals surface area contributed by atoms with E-state index in [1.54, 1.807) is 12.1 Å². The molecule has 0 bridgehead atoms. The van der Waals surface area contributed by atoms with Gasteiger partial charge in [-0.3, -0.25) is 0 Å². The lowest BCUT2D eigenvalue weighted by molar-refractivity contribution is 0.0698. The molecule has 1 N–H and O–H groups in total. The predicted molar refractivity (Wildman–Crippen MR) is 79.6 cm³/mol. The second kappa shape index (κ2) is 6.44. The van der Waals surface area contributed by atoms with Gasteiger partial charge in [-0.05, 0) is 30.7 Å². The highest BCUT2D eigenvalue weighted by molar-refractivity contribution is 6.31. The minimum absolute atomic E-state index is 0.210. The normalized spacial score (nSPS) is 10.3. The standard InChI is InChI=1S/C16H15ClO3/c1-2-9-20-15-6-4-3-5-12(15)14-10-11(17)7-8-13(14)16(18)19/h3-8,10H,2,9H2,1H3,(H,18,19). The Morgan fingerprint density at radius 3 is 2.65 bits per heavy atom. The summed E-state index contributed by atoms with van der Waals surface area (Å²) in [5.41, 5.74) is 1.51. The number of benzene rings is 2. The molecule has 3 nitrogen and oxygen atoms in total. The first-order chi connectivity index (χ1) is 9.63. The molecule has 104 valence electrons. The average Bonchev–Trinajstić information content (AvgIpc) is 2.45. The molecule has 0 saturated carbocycles. The summed E-state index contributed by atoms with van der Waals surface area (Å²) in [6.07, 6.45) is 0.885. The molecule has 0 spiro atoms. The summed E-state index contributed by atoms with van der Waals surface area (Å²) in [6, 6.07) is 12.1. The number of para-hydroxylation sites is 1. The van der Waals surface area contributed by atoms with Gasteiger partial charge in [0.25, 0.3) is 0 Å². The van der Waals surface area contributed by atoms with Crippen molar-refractivity contribution in [2.45, 2.75) is 13.3 Å². The summed E-state index contributed by atoms with van der Waals surface area (Å²) in [6.45, 7) is 2.60. The minimum Gasteiger partial charge on any atom is -0.493 e. The third-order valence-corrected chi connectivity index (χ3v) is 3.09. The van der Waals surface area contributed by atoms with Gasteiger partial charge in [0, 0.05) is 16.1 Å². The van der Waals surface area contributed by atoms with Crippen molar-refractivity contribution in [1.82, 2.24) is 0 Å². The van der Waals surface area contributed by atoms with Crippen molar-refractivity contribution >= 4 is 17.6 Å². The number of aromatic carboxylic acids is 1. The Balaban J connectivity index is 2.56. The Morgan fingerprint density at radius 1 is 1.20 bits per heavy atom. The van der Waals surface area contributed by atoms with Gasteiger partial charge in [-0.2, -0.15) is 0 Å². The summed E-state index contributed by atoms with van der Waals surface area (Å²) in [4.78, 5) is 11.3. The number of halogens is 1. The third kappa shape index (κ3) is 3.11. The molecule has 2 aromatic carbocycles. The SMILES string of the molecule is CCCOc1ccccc1-c1cc(Cl)ccc1C(=O)O. The average molecular weight is 291 g/mol. The summed E-state index contributed by atoms with van der Waals surface area (Å²) < 4.78 is 5.68. The summed E-state index contributed by atoms with van der Waals surface area (Å²) in [7, 11) is 0. The first kappa shape index (κ1) is 14.4. The topological polar surface area (TPSA) is 46.5 Å². The molecule has 0 aliphatic rings. The Bertz CT molecular complexity index is 623. The molecule has 0 heterocycles. The number of ether oxygens (including phenoxy) is 1. The number of rotatable bonds is 5. The van der Waals surface area contributed by atoms with Crippen molar-refractivity contribution in [3.05, 3.63) is 53.1 Å². The Hall–Kier alpha value is -2.00. The van der Waals surface area contributed by atoms with E-state index in [0.29, 0.717) is 22.9 Å². The second-order valence-corrected chi connectivity index (χ2v) is 4.78. The molecular formula is C16H15ClO3. The molecule has 2 rings (SSSR count). The quantitative estimate of drug-likeness (QED) is 0.882. The Labute approximate surface area is 122 Å². The highest BCUT2D eigenvalue weighted by atomic mass is 35.5. The van der Waals surface area contributed by atoms with Gasteiger partial charge in [0.1, 0.15) is 5.75 Å². The fourth-order valence-electron chi connectivity index (χ4n) is 1.95. The highest BCUT2D eigenvalue weighted by Crippen LogP contribution is 2.34. The van der Waals surface area contributed by atoms with Crippen molar-refractivity contribution in [2.75, 3.05) is 6.61 Å². The molecule has 0 saturated heterocycles. The Kier molecular flexibility index (Phi) is 4.64. The zero-order valence-electron chi connectivity index (χ0n) is 11.1. The molecule has 0 atom stereocenters. The van der Waals surface area contributed by atoms with Gasteiger partial charge in [-0.25, -0.2) is 4.79 Å². The van der Waals surface area contributed by atoms with Crippen molar-refractivity contribution < 1.29 is 14.6 Å². The van der Waals surface area contributed by atoms with Crippen LogP contribution in [0.15, 0.2) is 42.5 Å². The summed E-state index contributed by atoms with van der Waals surface area (Å²) >= 11 is 5.99. The van der Waals surface area contributed by atoms with E-state index < -0.39 is 5.97 Å². The summed E-state index contributed by atoms with van der Waals surface area (Å²) in [5, 5.41) is 9.80. The lowest BCUT2D eigenvalue weighted by Crippen LogP contribution is -2.02. The van der Waals surface area contributed by atoms with Crippen LogP contribution < -0.4 is 4.74 Å². The van der Waals surface area contributed by atoms with E-state index in [-0.39, 0.29) is 5.56 Å². The van der Waals surface area contributed by atoms with E-state index in [1.807, 2.05) is 31.2 Å². The van der Waals surface area contributed by atoms with Gasteiger partial charge in [-0.1, -0.05) is 36.7 Å². The molecule has 0 radical (unpaired) electrons. The first-order valence-corrected chi connectivity index (χ1v) is 6.76. The van der Waals surface area contributed by atoms with Gasteiger partial charge in [0.05, 0.1) is 12.2 Å². The molecular weight excluding hydrogens is 276 g/mol. The van der Waals surface area contributed by atoms with Gasteiger partial charge in [0.15, 0.2) is 0 Å². The van der Waals surface area contributed by atoms with Crippen LogP contribution in [0.1, 0.15) is 23.7 Å². The second-order valence-electron chi connectivity index (χ2n) is 4.34. The maximum atomic E-state index is 11.3. The number of carbonyl (C=O) groups is 1. The van der Waals surface area contributed by atoms with Crippen molar-refractivity contribution in [3.63, 3.8) is 0 Å².